The van der Waals surface area contributed by atoms with E-state index in [9.17, 15) is 4.39 Å². The quantitative estimate of drug-likeness (QED) is 0.658. The van der Waals surface area contributed by atoms with Gasteiger partial charge in [-0.1, -0.05) is 12.1 Å². The molecule has 2 heterocycles. The topological polar surface area (TPSA) is 59.1 Å². The minimum absolute atomic E-state index is 0.159. The summed E-state index contributed by atoms with van der Waals surface area (Å²) in [6.45, 7) is 0. The van der Waals surface area contributed by atoms with Crippen molar-refractivity contribution in [3.8, 4) is 11.5 Å². The Kier molecular flexibility index (Phi) is 1.87. The standard InChI is InChI=1S/C9H5FN4OS/c10-6-4-2-1-3-5(6)7-12-14-9(15-7)11-8(16)13-14/h1-4H,(H,13,16). The summed E-state index contributed by atoms with van der Waals surface area (Å²) in [5.74, 6) is -0.0271. The van der Waals surface area contributed by atoms with E-state index in [0.29, 0.717) is 0 Å². The molecule has 1 N–H and O–H groups in total. The lowest BCUT2D eigenvalue weighted by Crippen LogP contribution is -1.88. The number of fused-ring (bicyclic) bond motifs is 1. The number of aromatic nitrogens is 4. The molecule has 0 bridgehead atoms. The highest BCUT2D eigenvalue weighted by Crippen LogP contribution is 2.21. The Balaban J connectivity index is 2.23. The van der Waals surface area contributed by atoms with E-state index in [1.54, 1.807) is 18.2 Å². The second-order valence-electron chi connectivity index (χ2n) is 3.11. The van der Waals surface area contributed by atoms with Crippen LogP contribution in [0.2, 0.25) is 0 Å². The number of H-pyrrole nitrogens is 1. The predicted octanol–water partition coefficient (Wildman–Crippen LogP) is 2.19. The molecule has 0 amide bonds. The van der Waals surface area contributed by atoms with Crippen molar-refractivity contribution < 1.29 is 8.81 Å². The second kappa shape index (κ2) is 3.24. The summed E-state index contributed by atoms with van der Waals surface area (Å²) in [6.07, 6.45) is 0. The molecule has 16 heavy (non-hydrogen) atoms. The Morgan fingerprint density at radius 1 is 1.38 bits per heavy atom. The Bertz CT molecular complexity index is 679. The summed E-state index contributed by atoms with van der Waals surface area (Å²) < 4.78 is 20.2. The maximum Gasteiger partial charge on any atom is 0.343 e. The average Bonchev–Trinajstić information content (AvgIpc) is 2.75. The maximum absolute atomic E-state index is 13.4. The zero-order valence-corrected chi connectivity index (χ0v) is 8.66. The maximum atomic E-state index is 13.4. The molecule has 0 unspecified atom stereocenters. The SMILES string of the molecule is Fc1ccccc1-c1nn2[nH]c(=S)nc2o1. The molecule has 7 heteroatoms. The van der Waals surface area contributed by atoms with Gasteiger partial charge in [0.25, 0.3) is 5.89 Å². The van der Waals surface area contributed by atoms with E-state index in [0.717, 1.165) is 0 Å². The zero-order chi connectivity index (χ0) is 11.1. The zero-order valence-electron chi connectivity index (χ0n) is 7.85. The largest absolute Gasteiger partial charge is 0.402 e. The van der Waals surface area contributed by atoms with Gasteiger partial charge in [-0.15, -0.1) is 9.73 Å². The molecule has 2 aromatic heterocycles. The number of nitrogens with one attached hydrogen (secondary N) is 1. The van der Waals surface area contributed by atoms with Gasteiger partial charge in [-0.2, -0.15) is 4.98 Å². The minimum atomic E-state index is -0.398. The van der Waals surface area contributed by atoms with Crippen LogP contribution in [0.3, 0.4) is 0 Å². The number of hydrogen-bond donors (Lipinski definition) is 1. The number of nitrogens with zero attached hydrogens (tertiary/aromatic N) is 3. The lowest BCUT2D eigenvalue weighted by molar-refractivity contribution is 0.585. The van der Waals surface area contributed by atoms with E-state index in [-0.39, 0.29) is 22.1 Å². The predicted molar refractivity (Wildman–Crippen MR) is 55.8 cm³/mol. The first kappa shape index (κ1) is 9.22. The lowest BCUT2D eigenvalue weighted by atomic mass is 10.2. The van der Waals surface area contributed by atoms with Crippen molar-refractivity contribution in [3.05, 3.63) is 34.9 Å². The van der Waals surface area contributed by atoms with E-state index >= 15 is 0 Å². The monoisotopic (exact) mass is 236 g/mol. The van der Waals surface area contributed by atoms with Gasteiger partial charge in [0, 0.05) is 0 Å². The van der Waals surface area contributed by atoms with Gasteiger partial charge in [-0.3, -0.25) is 0 Å². The highest BCUT2D eigenvalue weighted by molar-refractivity contribution is 7.71. The van der Waals surface area contributed by atoms with Crippen LogP contribution < -0.4 is 0 Å². The fourth-order valence-electron chi connectivity index (χ4n) is 1.37. The van der Waals surface area contributed by atoms with Crippen LogP contribution in [0.25, 0.3) is 17.3 Å². The molecule has 0 aliphatic carbocycles. The Hall–Kier alpha value is -2.02. The first-order chi connectivity index (χ1) is 7.74. The molecule has 0 radical (unpaired) electrons. The van der Waals surface area contributed by atoms with Crippen LogP contribution in [0.15, 0.2) is 28.7 Å². The van der Waals surface area contributed by atoms with Crippen molar-refractivity contribution in [2.75, 3.05) is 0 Å². The molecule has 3 aromatic rings. The van der Waals surface area contributed by atoms with E-state index in [1.807, 2.05) is 0 Å². The van der Waals surface area contributed by atoms with Crippen molar-refractivity contribution in [3.63, 3.8) is 0 Å². The van der Waals surface area contributed by atoms with E-state index < -0.39 is 5.82 Å². The number of rotatable bonds is 1. The van der Waals surface area contributed by atoms with Crippen molar-refractivity contribution in [1.82, 2.24) is 19.8 Å². The van der Waals surface area contributed by atoms with Gasteiger partial charge in [-0.05, 0) is 24.4 Å². The molecule has 0 aliphatic rings. The van der Waals surface area contributed by atoms with Gasteiger partial charge in [0.2, 0.25) is 4.77 Å². The molecule has 0 spiro atoms. The Labute approximate surface area is 93.5 Å². The second-order valence-corrected chi connectivity index (χ2v) is 3.50. The minimum Gasteiger partial charge on any atom is -0.402 e. The first-order valence-electron chi connectivity index (χ1n) is 4.45. The normalized spacial score (nSPS) is 11.1. The molecular formula is C9H5FN4OS. The van der Waals surface area contributed by atoms with E-state index in [4.69, 9.17) is 16.6 Å². The molecule has 5 nitrogen and oxygen atoms in total. The molecule has 1 aromatic carbocycles. The summed E-state index contributed by atoms with van der Waals surface area (Å²) in [6, 6.07) is 6.22. The number of aromatic amines is 1. The Morgan fingerprint density at radius 3 is 2.94 bits per heavy atom. The number of halogens is 1. The van der Waals surface area contributed by atoms with Crippen molar-refractivity contribution in [2.45, 2.75) is 0 Å². The van der Waals surface area contributed by atoms with Crippen LogP contribution >= 0.6 is 12.2 Å². The van der Waals surface area contributed by atoms with Gasteiger partial charge < -0.3 is 4.42 Å². The highest BCUT2D eigenvalue weighted by atomic mass is 32.1. The first-order valence-corrected chi connectivity index (χ1v) is 4.85. The van der Waals surface area contributed by atoms with E-state index in [2.05, 4.69) is 15.2 Å². The van der Waals surface area contributed by atoms with Crippen molar-refractivity contribution in [1.29, 1.82) is 0 Å². The van der Waals surface area contributed by atoms with Crippen LogP contribution in [0.4, 0.5) is 4.39 Å². The third-order valence-electron chi connectivity index (χ3n) is 2.06. The van der Waals surface area contributed by atoms with Crippen LogP contribution in [0, 0.1) is 10.6 Å². The van der Waals surface area contributed by atoms with E-state index in [1.165, 1.54) is 10.7 Å². The third-order valence-corrected chi connectivity index (χ3v) is 2.25. The van der Waals surface area contributed by atoms with Gasteiger partial charge in [0.15, 0.2) is 0 Å². The molecule has 0 fully saturated rings. The average molecular weight is 236 g/mol. The summed E-state index contributed by atoms with van der Waals surface area (Å²) in [5.41, 5.74) is 0.285. The Morgan fingerprint density at radius 2 is 2.19 bits per heavy atom. The molecule has 0 atom stereocenters. The fraction of sp³-hybridized carbons (Fsp3) is 0. The van der Waals surface area contributed by atoms with Crippen LogP contribution in [0.5, 0.6) is 0 Å². The smallest absolute Gasteiger partial charge is 0.343 e. The highest BCUT2D eigenvalue weighted by Gasteiger charge is 2.12. The van der Waals surface area contributed by atoms with Gasteiger partial charge in [0.05, 0.1) is 5.56 Å². The summed E-state index contributed by atoms with van der Waals surface area (Å²) >= 11 is 4.79. The summed E-state index contributed by atoms with van der Waals surface area (Å²) in [5, 5.41) is 6.65. The van der Waals surface area contributed by atoms with Gasteiger partial charge in [0.1, 0.15) is 5.82 Å². The summed E-state index contributed by atoms with van der Waals surface area (Å²) in [7, 11) is 0. The third kappa shape index (κ3) is 1.33. The molecule has 0 aliphatic heterocycles. The van der Waals surface area contributed by atoms with Gasteiger partial charge in [-0.25, -0.2) is 9.49 Å². The van der Waals surface area contributed by atoms with Crippen molar-refractivity contribution >= 4 is 18.1 Å². The molecule has 80 valence electrons. The number of hydrogen-bond acceptors (Lipinski definition) is 4. The van der Waals surface area contributed by atoms with Crippen LogP contribution in [-0.2, 0) is 0 Å². The van der Waals surface area contributed by atoms with Gasteiger partial charge >= 0.3 is 5.84 Å². The lowest BCUT2D eigenvalue weighted by Gasteiger charge is -1.94. The van der Waals surface area contributed by atoms with Crippen molar-refractivity contribution in [2.24, 2.45) is 0 Å². The molecule has 3 rings (SSSR count). The van der Waals surface area contributed by atoms with Crippen LogP contribution in [0.1, 0.15) is 0 Å². The molecule has 0 saturated heterocycles. The number of benzene rings is 1. The molecular weight excluding hydrogens is 231 g/mol. The summed E-state index contributed by atoms with van der Waals surface area (Å²) in [4.78, 5) is 3.86. The fourth-order valence-corrected chi connectivity index (χ4v) is 1.54. The molecule has 0 saturated carbocycles. The van der Waals surface area contributed by atoms with Crippen LogP contribution in [-0.4, -0.2) is 19.8 Å².